The van der Waals surface area contributed by atoms with Gasteiger partial charge in [0.15, 0.2) is 12.1 Å². The number of carbonyl (C=O) groups is 1. The zero-order valence-corrected chi connectivity index (χ0v) is 19.3. The molecule has 1 amide bonds. The van der Waals surface area contributed by atoms with Crippen molar-refractivity contribution in [2.75, 3.05) is 37.7 Å². The summed E-state index contributed by atoms with van der Waals surface area (Å²) in [6, 6.07) is 7.09. The molecule has 1 saturated heterocycles. The average molecular weight is 459 g/mol. The van der Waals surface area contributed by atoms with E-state index >= 15 is 0 Å². The Morgan fingerprint density at radius 3 is 2.59 bits per heavy atom. The van der Waals surface area contributed by atoms with E-state index in [1.54, 1.807) is 33.3 Å². The highest BCUT2D eigenvalue weighted by atomic mass is 35.5. The van der Waals surface area contributed by atoms with Crippen molar-refractivity contribution in [1.29, 1.82) is 0 Å². The normalized spacial score (nSPS) is 14.2. The maximum absolute atomic E-state index is 13.2. The zero-order chi connectivity index (χ0) is 22.8. The summed E-state index contributed by atoms with van der Waals surface area (Å²) in [6.45, 7) is 6.61. The van der Waals surface area contributed by atoms with Crippen LogP contribution in [0.3, 0.4) is 0 Å². The van der Waals surface area contributed by atoms with Gasteiger partial charge in [0.25, 0.3) is 11.5 Å². The van der Waals surface area contributed by atoms with Crippen LogP contribution in [-0.4, -0.2) is 62.9 Å². The van der Waals surface area contributed by atoms with E-state index in [9.17, 15) is 9.59 Å². The molecule has 9 nitrogen and oxygen atoms in total. The second kappa shape index (κ2) is 9.20. The molecule has 32 heavy (non-hydrogen) atoms. The first-order valence-corrected chi connectivity index (χ1v) is 11.1. The predicted molar refractivity (Wildman–Crippen MR) is 124 cm³/mol. The van der Waals surface area contributed by atoms with Gasteiger partial charge < -0.3 is 14.5 Å². The van der Waals surface area contributed by atoms with Gasteiger partial charge in [-0.1, -0.05) is 30.7 Å². The Bertz CT molecular complexity index is 1200. The number of piperazine rings is 1. The van der Waals surface area contributed by atoms with Crippen molar-refractivity contribution in [3.8, 4) is 5.75 Å². The first-order valence-electron chi connectivity index (χ1n) is 10.7. The standard InChI is InChI=1S/C22H27ClN6O3/c1-4-9-29-21(31)20-19(15(2)25-26(20)3)24-22(29)28-12-10-27(11-13-28)18(30)14-32-17-8-6-5-7-16(17)23/h5-8H,4,9-14H2,1-3H3. The van der Waals surface area contributed by atoms with Gasteiger partial charge in [0.2, 0.25) is 5.95 Å². The highest BCUT2D eigenvalue weighted by Crippen LogP contribution is 2.23. The highest BCUT2D eigenvalue weighted by Gasteiger charge is 2.26. The Balaban J connectivity index is 1.48. The molecule has 0 N–H and O–H groups in total. The van der Waals surface area contributed by atoms with Crippen molar-refractivity contribution in [3.63, 3.8) is 0 Å². The number of fused-ring (bicyclic) bond motifs is 1. The topological polar surface area (TPSA) is 85.5 Å². The number of amides is 1. The van der Waals surface area contributed by atoms with Gasteiger partial charge in [0, 0.05) is 39.8 Å². The molecule has 170 valence electrons. The summed E-state index contributed by atoms with van der Waals surface area (Å²) in [5.41, 5.74) is 1.80. The van der Waals surface area contributed by atoms with Gasteiger partial charge in [-0.2, -0.15) is 5.10 Å². The molecule has 4 rings (SSSR count). The number of aromatic nitrogens is 4. The number of aryl methyl sites for hydroxylation is 2. The van der Waals surface area contributed by atoms with E-state index in [-0.39, 0.29) is 18.1 Å². The Kier molecular flexibility index (Phi) is 6.36. The van der Waals surface area contributed by atoms with Crippen LogP contribution in [0.4, 0.5) is 5.95 Å². The smallest absolute Gasteiger partial charge is 0.281 e. The second-order valence-corrected chi connectivity index (χ2v) is 8.27. The molecular formula is C22H27ClN6O3. The minimum absolute atomic E-state index is 0.0661. The van der Waals surface area contributed by atoms with Gasteiger partial charge in [-0.15, -0.1) is 0 Å². The van der Waals surface area contributed by atoms with Crippen molar-refractivity contribution < 1.29 is 9.53 Å². The van der Waals surface area contributed by atoms with Crippen molar-refractivity contribution in [2.24, 2.45) is 7.05 Å². The van der Waals surface area contributed by atoms with Crippen molar-refractivity contribution in [3.05, 3.63) is 45.3 Å². The summed E-state index contributed by atoms with van der Waals surface area (Å²) in [6.07, 6.45) is 0.814. The van der Waals surface area contributed by atoms with Crippen LogP contribution in [0.2, 0.25) is 5.02 Å². The van der Waals surface area contributed by atoms with Gasteiger partial charge in [-0.3, -0.25) is 18.8 Å². The summed E-state index contributed by atoms with van der Waals surface area (Å²) >= 11 is 6.09. The van der Waals surface area contributed by atoms with E-state index < -0.39 is 0 Å². The van der Waals surface area contributed by atoms with Crippen molar-refractivity contribution >= 4 is 34.5 Å². The third-order valence-electron chi connectivity index (χ3n) is 5.64. The van der Waals surface area contributed by atoms with E-state index in [2.05, 4.69) is 10.00 Å². The van der Waals surface area contributed by atoms with Crippen LogP contribution in [-0.2, 0) is 18.4 Å². The number of ether oxygens (including phenoxy) is 1. The summed E-state index contributed by atoms with van der Waals surface area (Å²) in [5, 5.41) is 4.85. The van der Waals surface area contributed by atoms with Crippen LogP contribution in [0, 0.1) is 6.92 Å². The lowest BCUT2D eigenvalue weighted by Crippen LogP contribution is -2.51. The van der Waals surface area contributed by atoms with Crippen LogP contribution in [0.1, 0.15) is 19.0 Å². The summed E-state index contributed by atoms with van der Waals surface area (Å²) in [5.74, 6) is 1.04. The van der Waals surface area contributed by atoms with Crippen LogP contribution in [0.5, 0.6) is 5.75 Å². The molecule has 3 aromatic rings. The molecule has 3 heterocycles. The fourth-order valence-corrected chi connectivity index (χ4v) is 4.20. The average Bonchev–Trinajstić information content (AvgIpc) is 3.08. The Morgan fingerprint density at radius 1 is 1.19 bits per heavy atom. The third kappa shape index (κ3) is 4.17. The number of hydrogen-bond donors (Lipinski definition) is 0. The SMILES string of the molecule is CCCn1c(N2CCN(C(=O)COc3ccccc3Cl)CC2)nc2c(C)nn(C)c2c1=O. The number of anilines is 1. The molecule has 0 spiro atoms. The Labute approximate surface area is 191 Å². The van der Waals surface area contributed by atoms with Crippen molar-refractivity contribution in [2.45, 2.75) is 26.8 Å². The number of rotatable bonds is 6. The van der Waals surface area contributed by atoms with E-state index in [1.807, 2.05) is 26.0 Å². The van der Waals surface area contributed by atoms with Gasteiger partial charge in [0.05, 0.1) is 10.7 Å². The molecule has 1 aliphatic heterocycles. The van der Waals surface area contributed by atoms with Gasteiger partial charge in [-0.25, -0.2) is 4.98 Å². The number of hydrogen-bond acceptors (Lipinski definition) is 6. The first kappa shape index (κ1) is 22.1. The fourth-order valence-electron chi connectivity index (χ4n) is 4.01. The minimum Gasteiger partial charge on any atom is -0.482 e. The Hall–Kier alpha value is -3.07. The molecule has 0 unspecified atom stereocenters. The third-order valence-corrected chi connectivity index (χ3v) is 5.95. The molecule has 0 radical (unpaired) electrons. The number of nitrogens with zero attached hydrogens (tertiary/aromatic N) is 6. The quantitative estimate of drug-likeness (QED) is 0.563. The summed E-state index contributed by atoms with van der Waals surface area (Å²) in [7, 11) is 1.77. The van der Waals surface area contributed by atoms with E-state index in [1.165, 1.54) is 0 Å². The summed E-state index contributed by atoms with van der Waals surface area (Å²) < 4.78 is 8.92. The molecule has 1 fully saturated rings. The predicted octanol–water partition coefficient (Wildman–Crippen LogP) is 2.23. The zero-order valence-electron chi connectivity index (χ0n) is 18.5. The maximum Gasteiger partial charge on any atom is 0.281 e. The van der Waals surface area contributed by atoms with E-state index in [0.29, 0.717) is 60.5 Å². The molecule has 0 bridgehead atoms. The van der Waals surface area contributed by atoms with Gasteiger partial charge >= 0.3 is 0 Å². The largest absolute Gasteiger partial charge is 0.482 e. The maximum atomic E-state index is 13.2. The van der Waals surface area contributed by atoms with E-state index in [0.717, 1.165) is 12.1 Å². The lowest BCUT2D eigenvalue weighted by Gasteiger charge is -2.36. The van der Waals surface area contributed by atoms with Crippen LogP contribution >= 0.6 is 11.6 Å². The van der Waals surface area contributed by atoms with E-state index in [4.69, 9.17) is 21.3 Å². The Morgan fingerprint density at radius 2 is 1.91 bits per heavy atom. The molecule has 0 saturated carbocycles. The van der Waals surface area contributed by atoms with Crippen LogP contribution in [0.15, 0.2) is 29.1 Å². The second-order valence-electron chi connectivity index (χ2n) is 7.86. The number of halogens is 1. The molecule has 0 aliphatic carbocycles. The molecular weight excluding hydrogens is 432 g/mol. The van der Waals surface area contributed by atoms with Crippen LogP contribution < -0.4 is 15.2 Å². The minimum atomic E-state index is -0.0953. The fraction of sp³-hybridized carbons (Fsp3) is 0.455. The number of carbonyl (C=O) groups excluding carboxylic acids is 1. The van der Waals surface area contributed by atoms with Crippen LogP contribution in [0.25, 0.3) is 11.0 Å². The number of para-hydroxylation sites is 1. The lowest BCUT2D eigenvalue weighted by molar-refractivity contribution is -0.133. The monoisotopic (exact) mass is 458 g/mol. The first-order chi connectivity index (χ1) is 15.4. The van der Waals surface area contributed by atoms with Crippen molar-refractivity contribution in [1.82, 2.24) is 24.2 Å². The van der Waals surface area contributed by atoms with Gasteiger partial charge in [0.1, 0.15) is 11.3 Å². The number of benzene rings is 1. The molecule has 0 atom stereocenters. The molecule has 1 aliphatic rings. The van der Waals surface area contributed by atoms with Gasteiger partial charge in [-0.05, 0) is 25.5 Å². The summed E-state index contributed by atoms with van der Waals surface area (Å²) in [4.78, 5) is 34.5. The molecule has 1 aromatic carbocycles. The highest BCUT2D eigenvalue weighted by molar-refractivity contribution is 6.32. The molecule has 10 heteroatoms. The molecule has 2 aromatic heterocycles. The lowest BCUT2D eigenvalue weighted by atomic mass is 10.3.